The quantitative estimate of drug-likeness (QED) is 0.703. The first-order valence-electron chi connectivity index (χ1n) is 5.97. The number of hydrogen-bond acceptors (Lipinski definition) is 3. The zero-order chi connectivity index (χ0) is 13.2. The number of nitrogens with zero attached hydrogens (tertiary/aromatic N) is 3. The van der Waals surface area contributed by atoms with Crippen molar-refractivity contribution in [3.05, 3.63) is 59.8 Å². The Bertz CT molecular complexity index is 713. The maximum Gasteiger partial charge on any atom is 0.163 e. The molecule has 0 spiro atoms. The van der Waals surface area contributed by atoms with Crippen LogP contribution in [0.4, 0.5) is 11.5 Å². The number of rotatable bonds is 2. The van der Waals surface area contributed by atoms with Crippen molar-refractivity contribution in [3.63, 3.8) is 0 Å². The topological polar surface area (TPSA) is 29.0 Å². The monoisotopic (exact) mass is 269 g/mol. The van der Waals surface area contributed by atoms with Gasteiger partial charge in [-0.25, -0.2) is 0 Å². The van der Waals surface area contributed by atoms with E-state index in [1.54, 1.807) is 0 Å². The molecule has 0 unspecified atom stereocenters. The van der Waals surface area contributed by atoms with Crippen molar-refractivity contribution in [2.75, 3.05) is 11.9 Å². The van der Waals surface area contributed by atoms with Crippen molar-refractivity contribution >= 4 is 33.9 Å². The molecule has 0 N–H and O–H groups in total. The van der Waals surface area contributed by atoms with Gasteiger partial charge in [0.05, 0.1) is 0 Å². The fourth-order valence-electron chi connectivity index (χ4n) is 2.08. The highest BCUT2D eigenvalue weighted by molar-refractivity contribution is 6.34. The first-order valence-corrected chi connectivity index (χ1v) is 6.35. The lowest BCUT2D eigenvalue weighted by Crippen LogP contribution is -2.12. The van der Waals surface area contributed by atoms with Crippen LogP contribution in [0.2, 0.25) is 5.15 Å². The molecular formula is C15H12ClN3. The summed E-state index contributed by atoms with van der Waals surface area (Å²) in [5.41, 5.74) is 1.06. The van der Waals surface area contributed by atoms with Crippen LogP contribution in [0.1, 0.15) is 0 Å². The van der Waals surface area contributed by atoms with Gasteiger partial charge in [-0.3, -0.25) is 0 Å². The first-order chi connectivity index (χ1) is 9.27. The number of fused-ring (bicyclic) bond motifs is 1. The lowest BCUT2D eigenvalue weighted by atomic mass is 10.2. The number of hydrogen-bond donors (Lipinski definition) is 0. The lowest BCUT2D eigenvalue weighted by molar-refractivity contribution is 1.01. The second-order valence-electron chi connectivity index (χ2n) is 4.25. The average molecular weight is 270 g/mol. The Labute approximate surface area is 116 Å². The Morgan fingerprint density at radius 1 is 0.842 bits per heavy atom. The summed E-state index contributed by atoms with van der Waals surface area (Å²) >= 11 is 6.09. The van der Waals surface area contributed by atoms with E-state index < -0.39 is 0 Å². The second-order valence-corrected chi connectivity index (χ2v) is 4.61. The summed E-state index contributed by atoms with van der Waals surface area (Å²) in [4.78, 5) is 2.01. The van der Waals surface area contributed by atoms with Gasteiger partial charge in [-0.1, -0.05) is 54.1 Å². The highest BCUT2D eigenvalue weighted by atomic mass is 35.5. The highest BCUT2D eigenvalue weighted by Gasteiger charge is 2.12. The molecule has 0 fully saturated rings. The van der Waals surface area contributed by atoms with E-state index in [4.69, 9.17) is 11.6 Å². The third-order valence-corrected chi connectivity index (χ3v) is 3.36. The largest absolute Gasteiger partial charge is 0.327 e. The van der Waals surface area contributed by atoms with Crippen molar-refractivity contribution in [2.24, 2.45) is 0 Å². The minimum Gasteiger partial charge on any atom is -0.327 e. The Kier molecular flexibility index (Phi) is 3.05. The molecule has 94 valence electrons. The van der Waals surface area contributed by atoms with Gasteiger partial charge in [-0.05, 0) is 12.1 Å². The molecule has 1 heterocycles. The summed E-state index contributed by atoms with van der Waals surface area (Å²) in [6, 6.07) is 17.9. The number of anilines is 2. The number of aromatic nitrogens is 2. The molecule has 0 radical (unpaired) electrons. The summed E-state index contributed by atoms with van der Waals surface area (Å²) in [6.45, 7) is 0. The Balaban J connectivity index is 2.18. The third kappa shape index (κ3) is 2.13. The number of halogens is 1. The summed E-state index contributed by atoms with van der Waals surface area (Å²) < 4.78 is 0. The minimum absolute atomic E-state index is 0.431. The van der Waals surface area contributed by atoms with Gasteiger partial charge in [-0.2, -0.15) is 0 Å². The maximum atomic E-state index is 6.09. The SMILES string of the molecule is CN(c1ccccc1)c1nnc(Cl)c2ccccc12. The Morgan fingerprint density at radius 3 is 2.21 bits per heavy atom. The smallest absolute Gasteiger partial charge is 0.163 e. The van der Waals surface area contributed by atoms with E-state index >= 15 is 0 Å². The molecule has 19 heavy (non-hydrogen) atoms. The van der Waals surface area contributed by atoms with Crippen LogP contribution in [-0.2, 0) is 0 Å². The Hall–Kier alpha value is -2.13. The summed E-state index contributed by atoms with van der Waals surface area (Å²) in [7, 11) is 1.97. The molecule has 0 saturated heterocycles. The van der Waals surface area contributed by atoms with Gasteiger partial charge in [-0.15, -0.1) is 10.2 Å². The van der Waals surface area contributed by atoms with E-state index in [1.807, 2.05) is 66.5 Å². The zero-order valence-electron chi connectivity index (χ0n) is 10.4. The van der Waals surface area contributed by atoms with Crippen LogP contribution in [0, 0.1) is 0 Å². The molecule has 0 saturated carbocycles. The highest BCUT2D eigenvalue weighted by Crippen LogP contribution is 2.30. The van der Waals surface area contributed by atoms with Crippen molar-refractivity contribution in [2.45, 2.75) is 0 Å². The van der Waals surface area contributed by atoms with Gasteiger partial charge in [0.2, 0.25) is 0 Å². The average Bonchev–Trinajstić information content (AvgIpc) is 2.48. The predicted octanol–water partition coefficient (Wildman–Crippen LogP) is 4.05. The van der Waals surface area contributed by atoms with Crippen LogP contribution >= 0.6 is 11.6 Å². The maximum absolute atomic E-state index is 6.09. The van der Waals surface area contributed by atoms with Crippen LogP contribution in [0.15, 0.2) is 54.6 Å². The normalized spacial score (nSPS) is 10.6. The number of benzene rings is 2. The van der Waals surface area contributed by atoms with Gasteiger partial charge in [0.1, 0.15) is 0 Å². The van der Waals surface area contributed by atoms with E-state index in [-0.39, 0.29) is 0 Å². The van der Waals surface area contributed by atoms with Crippen molar-refractivity contribution in [3.8, 4) is 0 Å². The van der Waals surface area contributed by atoms with Crippen LogP contribution < -0.4 is 4.90 Å². The Morgan fingerprint density at radius 2 is 1.47 bits per heavy atom. The molecule has 0 aliphatic rings. The van der Waals surface area contributed by atoms with E-state index in [2.05, 4.69) is 10.2 Å². The summed E-state index contributed by atoms with van der Waals surface area (Å²) in [5, 5.41) is 10.6. The summed E-state index contributed by atoms with van der Waals surface area (Å²) in [6.07, 6.45) is 0. The van der Waals surface area contributed by atoms with Gasteiger partial charge >= 0.3 is 0 Å². The molecule has 1 aromatic heterocycles. The van der Waals surface area contributed by atoms with Crippen molar-refractivity contribution in [1.82, 2.24) is 10.2 Å². The van der Waals surface area contributed by atoms with Gasteiger partial charge in [0, 0.05) is 23.5 Å². The second kappa shape index (κ2) is 4.86. The molecule has 0 atom stereocenters. The van der Waals surface area contributed by atoms with Gasteiger partial charge < -0.3 is 4.90 Å². The standard InChI is InChI=1S/C15H12ClN3/c1-19(11-7-3-2-4-8-11)15-13-10-6-5-9-12(13)14(16)17-18-15/h2-10H,1H3. The number of para-hydroxylation sites is 1. The molecule has 2 aromatic carbocycles. The first kappa shape index (κ1) is 11.9. The van der Waals surface area contributed by atoms with Crippen molar-refractivity contribution in [1.29, 1.82) is 0 Å². The van der Waals surface area contributed by atoms with Crippen LogP contribution in [0.25, 0.3) is 10.8 Å². The van der Waals surface area contributed by atoms with E-state index in [0.29, 0.717) is 5.15 Å². The molecule has 0 amide bonds. The molecular weight excluding hydrogens is 258 g/mol. The van der Waals surface area contributed by atoms with Gasteiger partial charge in [0.25, 0.3) is 0 Å². The van der Waals surface area contributed by atoms with E-state index in [9.17, 15) is 0 Å². The minimum atomic E-state index is 0.431. The van der Waals surface area contributed by atoms with E-state index in [0.717, 1.165) is 22.3 Å². The third-order valence-electron chi connectivity index (χ3n) is 3.08. The fraction of sp³-hybridized carbons (Fsp3) is 0.0667. The zero-order valence-corrected chi connectivity index (χ0v) is 11.2. The predicted molar refractivity (Wildman–Crippen MR) is 79.1 cm³/mol. The molecule has 3 nitrogen and oxygen atoms in total. The fourth-order valence-corrected chi connectivity index (χ4v) is 2.28. The molecule has 0 bridgehead atoms. The molecule has 0 aliphatic heterocycles. The summed E-state index contributed by atoms with van der Waals surface area (Å²) in [5.74, 6) is 0.797. The van der Waals surface area contributed by atoms with Crippen LogP contribution in [-0.4, -0.2) is 17.2 Å². The van der Waals surface area contributed by atoms with Crippen LogP contribution in [0.3, 0.4) is 0 Å². The molecule has 0 aliphatic carbocycles. The lowest BCUT2D eigenvalue weighted by Gasteiger charge is -2.19. The van der Waals surface area contributed by atoms with Crippen LogP contribution in [0.5, 0.6) is 0 Å². The molecule has 4 heteroatoms. The van der Waals surface area contributed by atoms with Gasteiger partial charge in [0.15, 0.2) is 11.0 Å². The molecule has 3 rings (SSSR count). The molecule has 3 aromatic rings. The van der Waals surface area contributed by atoms with Crippen molar-refractivity contribution < 1.29 is 0 Å². The van der Waals surface area contributed by atoms with E-state index in [1.165, 1.54) is 0 Å².